The first-order valence-electron chi connectivity index (χ1n) is 6.00. The van der Waals surface area contributed by atoms with Crippen molar-refractivity contribution in [3.05, 3.63) is 0 Å². The highest BCUT2D eigenvalue weighted by Crippen LogP contribution is 2.19. The van der Waals surface area contributed by atoms with Crippen LogP contribution in [0.2, 0.25) is 0 Å². The number of amides is 2. The maximum Gasteiger partial charge on any atom is 0.325 e. The Morgan fingerprint density at radius 1 is 1.39 bits per heavy atom. The van der Waals surface area contributed by atoms with Crippen molar-refractivity contribution in [3.8, 4) is 0 Å². The van der Waals surface area contributed by atoms with Crippen molar-refractivity contribution < 1.29 is 19.5 Å². The molecule has 2 rings (SSSR count). The van der Waals surface area contributed by atoms with Crippen molar-refractivity contribution in [2.24, 2.45) is 5.73 Å². The molecule has 1 unspecified atom stereocenters. The Labute approximate surface area is 105 Å². The number of carbonyl (C=O) groups excluding carboxylic acids is 2. The Hall–Kier alpha value is -1.47. The lowest BCUT2D eigenvalue weighted by Gasteiger charge is -2.21. The second-order valence-electron chi connectivity index (χ2n) is 4.96. The van der Waals surface area contributed by atoms with Crippen LogP contribution in [0.4, 0.5) is 0 Å². The van der Waals surface area contributed by atoms with Gasteiger partial charge in [-0.1, -0.05) is 0 Å². The van der Waals surface area contributed by atoms with Crippen LogP contribution >= 0.6 is 0 Å². The molecule has 7 nitrogen and oxygen atoms in total. The monoisotopic (exact) mass is 255 g/mol. The molecule has 1 atom stereocenters. The fourth-order valence-electron chi connectivity index (χ4n) is 2.41. The van der Waals surface area contributed by atoms with Gasteiger partial charge >= 0.3 is 5.97 Å². The van der Waals surface area contributed by atoms with Crippen molar-refractivity contribution >= 4 is 17.8 Å². The third kappa shape index (κ3) is 2.37. The van der Waals surface area contributed by atoms with Crippen molar-refractivity contribution in [3.63, 3.8) is 0 Å². The first-order valence-corrected chi connectivity index (χ1v) is 6.00. The van der Waals surface area contributed by atoms with Gasteiger partial charge in [-0.2, -0.15) is 0 Å². The van der Waals surface area contributed by atoms with Crippen LogP contribution in [0.25, 0.3) is 0 Å². The summed E-state index contributed by atoms with van der Waals surface area (Å²) in [6, 6.07) is 0. The van der Waals surface area contributed by atoms with Gasteiger partial charge in [-0.3, -0.25) is 24.2 Å². The quantitative estimate of drug-likeness (QED) is 0.644. The number of nitrogens with two attached hydrogens (primary N) is 1. The van der Waals surface area contributed by atoms with Gasteiger partial charge in [0.1, 0.15) is 5.54 Å². The Balaban J connectivity index is 1.90. The number of imide groups is 1. The minimum absolute atomic E-state index is 0.0674. The van der Waals surface area contributed by atoms with Crippen LogP contribution < -0.4 is 5.73 Å². The molecule has 3 N–H and O–H groups in total. The molecule has 18 heavy (non-hydrogen) atoms. The Kier molecular flexibility index (Phi) is 3.36. The van der Waals surface area contributed by atoms with Gasteiger partial charge in [0.05, 0.1) is 6.54 Å². The number of likely N-dealkylation sites (tertiary alicyclic amines) is 2. The lowest BCUT2D eigenvalue weighted by molar-refractivity contribution is -0.145. The smallest absolute Gasteiger partial charge is 0.325 e. The summed E-state index contributed by atoms with van der Waals surface area (Å²) in [5.74, 6) is -1.45. The first kappa shape index (κ1) is 13.0. The van der Waals surface area contributed by atoms with E-state index in [-0.39, 0.29) is 24.9 Å². The van der Waals surface area contributed by atoms with Crippen LogP contribution in [0, 0.1) is 0 Å². The zero-order chi connectivity index (χ0) is 13.3. The SMILES string of the molecule is NC1(C(=O)O)CCN(CC(=O)N2CCCC2=O)C1. The lowest BCUT2D eigenvalue weighted by atomic mass is 10.0. The molecular weight excluding hydrogens is 238 g/mol. The minimum Gasteiger partial charge on any atom is -0.480 e. The molecule has 2 aliphatic heterocycles. The normalized spacial score (nSPS) is 28.9. The predicted octanol–water partition coefficient (Wildman–Crippen LogP) is -1.38. The summed E-state index contributed by atoms with van der Waals surface area (Å²) in [5, 5.41) is 8.98. The van der Waals surface area contributed by atoms with Crippen molar-refractivity contribution in [2.75, 3.05) is 26.2 Å². The molecule has 2 fully saturated rings. The minimum atomic E-state index is -1.27. The van der Waals surface area contributed by atoms with E-state index >= 15 is 0 Å². The van der Waals surface area contributed by atoms with Crippen molar-refractivity contribution in [1.29, 1.82) is 0 Å². The molecule has 0 bridgehead atoms. The van der Waals surface area contributed by atoms with Crippen molar-refractivity contribution in [1.82, 2.24) is 9.80 Å². The molecule has 2 amide bonds. The van der Waals surface area contributed by atoms with Crippen LogP contribution in [0.15, 0.2) is 0 Å². The first-order chi connectivity index (χ1) is 8.42. The Morgan fingerprint density at radius 2 is 2.11 bits per heavy atom. The van der Waals surface area contributed by atoms with Crippen LogP contribution in [-0.4, -0.2) is 64.4 Å². The van der Waals surface area contributed by atoms with Crippen LogP contribution in [0.1, 0.15) is 19.3 Å². The second-order valence-corrected chi connectivity index (χ2v) is 4.96. The molecule has 0 aliphatic carbocycles. The fraction of sp³-hybridized carbons (Fsp3) is 0.727. The highest BCUT2D eigenvalue weighted by atomic mass is 16.4. The van der Waals surface area contributed by atoms with Gasteiger partial charge in [0, 0.05) is 26.1 Å². The standard InChI is InChI=1S/C11H17N3O4/c12-11(10(17)18)3-5-13(7-11)6-9(16)14-4-1-2-8(14)15/h1-7,12H2,(H,17,18). The molecule has 0 saturated carbocycles. The van der Waals surface area contributed by atoms with Gasteiger partial charge in [0.15, 0.2) is 0 Å². The summed E-state index contributed by atoms with van der Waals surface area (Å²) in [6.07, 6.45) is 1.45. The van der Waals surface area contributed by atoms with Crippen LogP contribution in [0.3, 0.4) is 0 Å². The molecule has 0 radical (unpaired) electrons. The van der Waals surface area contributed by atoms with Crippen molar-refractivity contribution in [2.45, 2.75) is 24.8 Å². The van der Waals surface area contributed by atoms with E-state index in [1.165, 1.54) is 4.90 Å². The van der Waals surface area contributed by atoms with E-state index in [0.29, 0.717) is 32.4 Å². The number of hydrogen-bond acceptors (Lipinski definition) is 5. The van der Waals surface area contributed by atoms with E-state index < -0.39 is 11.5 Å². The maximum atomic E-state index is 11.9. The topological polar surface area (TPSA) is 104 Å². The van der Waals surface area contributed by atoms with Gasteiger partial charge in [0.2, 0.25) is 11.8 Å². The van der Waals surface area contributed by atoms with E-state index in [9.17, 15) is 14.4 Å². The molecule has 0 spiro atoms. The average molecular weight is 255 g/mol. The number of aliphatic carboxylic acids is 1. The highest BCUT2D eigenvalue weighted by Gasteiger charge is 2.42. The Bertz CT molecular complexity index is 398. The zero-order valence-electron chi connectivity index (χ0n) is 10.1. The maximum absolute atomic E-state index is 11.9. The number of carboxylic acid groups (broad SMARTS) is 1. The summed E-state index contributed by atoms with van der Waals surface area (Å²) in [5.41, 5.74) is 4.45. The zero-order valence-corrected chi connectivity index (χ0v) is 10.1. The van der Waals surface area contributed by atoms with E-state index in [4.69, 9.17) is 10.8 Å². The van der Waals surface area contributed by atoms with E-state index in [0.717, 1.165) is 0 Å². The summed E-state index contributed by atoms with van der Waals surface area (Å²) in [6.45, 7) is 1.16. The van der Waals surface area contributed by atoms with Gasteiger partial charge in [0.25, 0.3) is 0 Å². The molecule has 7 heteroatoms. The summed E-state index contributed by atoms with van der Waals surface area (Å²) >= 11 is 0. The molecule has 0 aromatic heterocycles. The van der Waals surface area contributed by atoms with Crippen LogP contribution in [0.5, 0.6) is 0 Å². The molecule has 100 valence electrons. The lowest BCUT2D eigenvalue weighted by Crippen LogP contribution is -2.51. The van der Waals surface area contributed by atoms with Gasteiger partial charge in [-0.15, -0.1) is 0 Å². The van der Waals surface area contributed by atoms with Gasteiger partial charge in [-0.05, 0) is 12.8 Å². The summed E-state index contributed by atoms with van der Waals surface area (Å²) in [4.78, 5) is 37.2. The van der Waals surface area contributed by atoms with E-state index in [1.54, 1.807) is 4.90 Å². The van der Waals surface area contributed by atoms with Gasteiger partial charge < -0.3 is 10.8 Å². The average Bonchev–Trinajstić information content (AvgIpc) is 2.86. The number of carboxylic acids is 1. The summed E-state index contributed by atoms with van der Waals surface area (Å²) in [7, 11) is 0. The molecule has 0 aromatic rings. The molecule has 2 aliphatic rings. The van der Waals surface area contributed by atoms with E-state index in [1.807, 2.05) is 0 Å². The fourth-order valence-corrected chi connectivity index (χ4v) is 2.41. The highest BCUT2D eigenvalue weighted by molar-refractivity contribution is 5.97. The third-order valence-corrected chi connectivity index (χ3v) is 3.54. The molecular formula is C11H17N3O4. The van der Waals surface area contributed by atoms with E-state index in [2.05, 4.69) is 0 Å². The number of nitrogens with zero attached hydrogens (tertiary/aromatic N) is 2. The molecule has 0 aromatic carbocycles. The molecule has 2 saturated heterocycles. The number of carbonyl (C=O) groups is 3. The largest absolute Gasteiger partial charge is 0.480 e. The third-order valence-electron chi connectivity index (χ3n) is 3.54. The van der Waals surface area contributed by atoms with Gasteiger partial charge in [-0.25, -0.2) is 0 Å². The predicted molar refractivity (Wildman–Crippen MR) is 61.6 cm³/mol. The van der Waals surface area contributed by atoms with Crippen LogP contribution in [-0.2, 0) is 14.4 Å². The molecule has 2 heterocycles. The number of hydrogen-bond donors (Lipinski definition) is 2. The Morgan fingerprint density at radius 3 is 2.61 bits per heavy atom. The summed E-state index contributed by atoms with van der Waals surface area (Å²) < 4.78 is 0. The number of rotatable bonds is 3. The second kappa shape index (κ2) is 4.66.